The molecule has 0 spiro atoms. The highest BCUT2D eigenvalue weighted by molar-refractivity contribution is 6.20. The Morgan fingerprint density at radius 3 is 2.83 bits per heavy atom. The summed E-state index contributed by atoms with van der Waals surface area (Å²) in [4.78, 5) is 8.82. The summed E-state index contributed by atoms with van der Waals surface area (Å²) in [5.41, 5.74) is 2.06. The van der Waals surface area contributed by atoms with Gasteiger partial charge in [-0.1, -0.05) is 0 Å². The van der Waals surface area contributed by atoms with E-state index in [0.29, 0.717) is 11.4 Å². The van der Waals surface area contributed by atoms with Gasteiger partial charge in [0.2, 0.25) is 0 Å². The molecule has 1 fully saturated rings. The molecule has 0 unspecified atom stereocenters. The fraction of sp³-hybridized carbons (Fsp3) is 0.538. The Morgan fingerprint density at radius 1 is 1.28 bits per heavy atom. The molecule has 18 heavy (non-hydrogen) atoms. The molecule has 0 radical (unpaired) electrons. The zero-order valence-corrected chi connectivity index (χ0v) is 11.2. The molecular formula is C13H17ClN4. The van der Waals surface area contributed by atoms with E-state index in [1.54, 1.807) is 0 Å². The smallest absolute Gasteiger partial charge is 0.154 e. The first-order valence-electron chi connectivity index (χ1n) is 6.40. The summed E-state index contributed by atoms with van der Waals surface area (Å²) in [5, 5.41) is 3.86. The first kappa shape index (κ1) is 11.8. The van der Waals surface area contributed by atoms with Gasteiger partial charge in [-0.25, -0.2) is 9.97 Å². The number of nitrogens with zero attached hydrogens (tertiary/aromatic N) is 3. The maximum atomic E-state index is 6.12. The molecule has 0 aliphatic heterocycles. The van der Waals surface area contributed by atoms with E-state index in [9.17, 15) is 0 Å². The number of aryl methyl sites for hydroxylation is 1. The number of hydrogen-bond acceptors (Lipinski definition) is 3. The van der Waals surface area contributed by atoms with Crippen molar-refractivity contribution in [3.8, 4) is 0 Å². The van der Waals surface area contributed by atoms with Crippen molar-refractivity contribution in [3.05, 3.63) is 18.6 Å². The first-order valence-corrected chi connectivity index (χ1v) is 6.84. The quantitative estimate of drug-likeness (QED) is 0.848. The molecule has 0 saturated heterocycles. The third kappa shape index (κ3) is 2.17. The SMILES string of the molecule is Cn1cnc2c(NC3CCC(Cl)CC3)nccc21. The molecule has 2 aromatic heterocycles. The topological polar surface area (TPSA) is 42.7 Å². The molecule has 4 nitrogen and oxygen atoms in total. The Balaban J connectivity index is 1.82. The van der Waals surface area contributed by atoms with Gasteiger partial charge in [0, 0.05) is 24.7 Å². The number of hydrogen-bond donors (Lipinski definition) is 1. The van der Waals surface area contributed by atoms with E-state index >= 15 is 0 Å². The van der Waals surface area contributed by atoms with Crippen LogP contribution in [-0.2, 0) is 7.05 Å². The van der Waals surface area contributed by atoms with Crippen molar-refractivity contribution < 1.29 is 0 Å². The van der Waals surface area contributed by atoms with Crippen LogP contribution in [0.15, 0.2) is 18.6 Å². The summed E-state index contributed by atoms with van der Waals surface area (Å²) in [6.07, 6.45) is 8.04. The van der Waals surface area contributed by atoms with E-state index in [1.807, 2.05) is 30.2 Å². The lowest BCUT2D eigenvalue weighted by Crippen LogP contribution is -2.26. The van der Waals surface area contributed by atoms with Gasteiger partial charge in [-0.3, -0.25) is 0 Å². The highest BCUT2D eigenvalue weighted by Gasteiger charge is 2.20. The molecule has 1 saturated carbocycles. The molecule has 2 aromatic rings. The zero-order chi connectivity index (χ0) is 12.5. The van der Waals surface area contributed by atoms with Crippen molar-refractivity contribution in [2.24, 2.45) is 7.05 Å². The van der Waals surface area contributed by atoms with Crippen LogP contribution in [0.2, 0.25) is 0 Å². The third-order valence-corrected chi connectivity index (χ3v) is 4.08. The Kier molecular flexibility index (Phi) is 3.12. The highest BCUT2D eigenvalue weighted by Crippen LogP contribution is 2.27. The van der Waals surface area contributed by atoms with Gasteiger partial charge >= 0.3 is 0 Å². The number of imidazole rings is 1. The number of alkyl halides is 1. The van der Waals surface area contributed by atoms with Crippen LogP contribution in [0.25, 0.3) is 11.0 Å². The molecule has 3 rings (SSSR count). The first-order chi connectivity index (χ1) is 8.74. The summed E-state index contributed by atoms with van der Waals surface area (Å²) in [6.45, 7) is 0. The molecule has 2 heterocycles. The van der Waals surface area contributed by atoms with Crippen LogP contribution >= 0.6 is 11.6 Å². The zero-order valence-electron chi connectivity index (χ0n) is 10.4. The third-order valence-electron chi connectivity index (χ3n) is 3.64. The van der Waals surface area contributed by atoms with Crippen molar-refractivity contribution in [2.75, 3.05) is 5.32 Å². The molecule has 0 atom stereocenters. The Bertz CT molecular complexity index is 543. The molecular weight excluding hydrogens is 248 g/mol. The predicted molar refractivity (Wildman–Crippen MR) is 74.0 cm³/mol. The lowest BCUT2D eigenvalue weighted by Gasteiger charge is -2.26. The van der Waals surface area contributed by atoms with Crippen LogP contribution in [0.3, 0.4) is 0 Å². The molecule has 96 valence electrons. The fourth-order valence-corrected chi connectivity index (χ4v) is 2.81. The van der Waals surface area contributed by atoms with Crippen LogP contribution in [0.4, 0.5) is 5.82 Å². The number of rotatable bonds is 2. The summed E-state index contributed by atoms with van der Waals surface area (Å²) in [7, 11) is 2.00. The van der Waals surface area contributed by atoms with Gasteiger partial charge in [-0.15, -0.1) is 11.6 Å². The van der Waals surface area contributed by atoms with Crippen molar-refractivity contribution >= 4 is 28.5 Å². The number of anilines is 1. The maximum Gasteiger partial charge on any atom is 0.154 e. The second-order valence-corrected chi connectivity index (χ2v) is 5.59. The monoisotopic (exact) mass is 264 g/mol. The summed E-state index contributed by atoms with van der Waals surface area (Å²) in [5.74, 6) is 0.895. The Morgan fingerprint density at radius 2 is 2.06 bits per heavy atom. The maximum absolute atomic E-state index is 6.12. The van der Waals surface area contributed by atoms with E-state index in [1.165, 1.54) is 0 Å². The number of halogens is 1. The Hall–Kier alpha value is -1.29. The van der Waals surface area contributed by atoms with Crippen molar-refractivity contribution in [1.29, 1.82) is 0 Å². The molecule has 1 aliphatic carbocycles. The molecule has 1 N–H and O–H groups in total. The van der Waals surface area contributed by atoms with Gasteiger partial charge in [-0.2, -0.15) is 0 Å². The van der Waals surface area contributed by atoms with Gasteiger partial charge in [0.1, 0.15) is 5.52 Å². The molecule has 0 bridgehead atoms. The Labute approximate surface area is 111 Å². The number of pyridine rings is 1. The minimum Gasteiger partial charge on any atom is -0.365 e. The van der Waals surface area contributed by atoms with E-state index < -0.39 is 0 Å². The van der Waals surface area contributed by atoms with Crippen LogP contribution in [-0.4, -0.2) is 26.0 Å². The van der Waals surface area contributed by atoms with E-state index in [2.05, 4.69) is 15.3 Å². The lowest BCUT2D eigenvalue weighted by molar-refractivity contribution is 0.468. The van der Waals surface area contributed by atoms with Gasteiger partial charge in [-0.05, 0) is 31.7 Å². The standard InChI is InChI=1S/C13H17ClN4/c1-18-8-16-12-11(18)6-7-15-13(12)17-10-4-2-9(14)3-5-10/h6-10H,2-5H2,1H3,(H,15,17). The van der Waals surface area contributed by atoms with Gasteiger partial charge in [0.25, 0.3) is 0 Å². The molecule has 5 heteroatoms. The predicted octanol–water partition coefficient (Wildman–Crippen LogP) is 2.93. The lowest BCUT2D eigenvalue weighted by atomic mass is 9.95. The van der Waals surface area contributed by atoms with Gasteiger partial charge in [0.15, 0.2) is 5.82 Å². The average Bonchev–Trinajstić information content (AvgIpc) is 2.76. The van der Waals surface area contributed by atoms with E-state index in [0.717, 1.165) is 42.5 Å². The van der Waals surface area contributed by atoms with Crippen molar-refractivity contribution in [3.63, 3.8) is 0 Å². The van der Waals surface area contributed by atoms with E-state index in [-0.39, 0.29) is 0 Å². The van der Waals surface area contributed by atoms with Gasteiger partial charge in [0.05, 0.1) is 11.8 Å². The highest BCUT2D eigenvalue weighted by atomic mass is 35.5. The van der Waals surface area contributed by atoms with E-state index in [4.69, 9.17) is 11.6 Å². The normalized spacial score (nSPS) is 24.3. The number of fused-ring (bicyclic) bond motifs is 1. The molecule has 0 aromatic carbocycles. The van der Waals surface area contributed by atoms with Crippen LogP contribution < -0.4 is 5.32 Å². The molecule has 1 aliphatic rings. The van der Waals surface area contributed by atoms with Crippen molar-refractivity contribution in [1.82, 2.24) is 14.5 Å². The van der Waals surface area contributed by atoms with Crippen molar-refractivity contribution in [2.45, 2.75) is 37.1 Å². The number of aromatic nitrogens is 3. The molecule has 0 amide bonds. The average molecular weight is 265 g/mol. The van der Waals surface area contributed by atoms with Crippen LogP contribution in [0.5, 0.6) is 0 Å². The second kappa shape index (κ2) is 4.76. The number of nitrogens with one attached hydrogen (secondary N) is 1. The minimum atomic E-state index is 0.349. The second-order valence-electron chi connectivity index (χ2n) is 4.98. The van der Waals surface area contributed by atoms with Crippen LogP contribution in [0.1, 0.15) is 25.7 Å². The fourth-order valence-electron chi connectivity index (χ4n) is 2.56. The van der Waals surface area contributed by atoms with Gasteiger partial charge < -0.3 is 9.88 Å². The summed E-state index contributed by atoms with van der Waals surface area (Å²) >= 11 is 6.12. The summed E-state index contributed by atoms with van der Waals surface area (Å²) in [6, 6.07) is 2.46. The summed E-state index contributed by atoms with van der Waals surface area (Å²) < 4.78 is 2.01. The minimum absolute atomic E-state index is 0.349. The van der Waals surface area contributed by atoms with Crippen LogP contribution in [0, 0.1) is 0 Å². The largest absolute Gasteiger partial charge is 0.365 e.